The molecule has 4 aromatic carbocycles. The zero-order valence-corrected chi connectivity index (χ0v) is 31.0. The van der Waals surface area contributed by atoms with Crippen molar-refractivity contribution in [1.82, 2.24) is 9.13 Å². The summed E-state index contributed by atoms with van der Waals surface area (Å²) in [5.41, 5.74) is 5.32. The van der Waals surface area contributed by atoms with Gasteiger partial charge >= 0.3 is 18.3 Å². The fourth-order valence-corrected chi connectivity index (χ4v) is 6.74. The molecule has 6 rings (SSSR count). The van der Waals surface area contributed by atoms with Crippen LogP contribution in [0.4, 0.5) is 26.3 Å². The summed E-state index contributed by atoms with van der Waals surface area (Å²) in [6.07, 6.45) is -4.96. The van der Waals surface area contributed by atoms with Crippen LogP contribution in [0.3, 0.4) is 0 Å². The molecule has 55 heavy (non-hydrogen) atoms. The molecule has 290 valence electrons. The van der Waals surface area contributed by atoms with Crippen molar-refractivity contribution in [3.8, 4) is 11.5 Å². The second-order valence-electron chi connectivity index (χ2n) is 12.7. The lowest BCUT2D eigenvalue weighted by Crippen LogP contribution is -2.17. The lowest BCUT2D eigenvalue weighted by molar-refractivity contribution is -0.274. The van der Waals surface area contributed by atoms with Gasteiger partial charge in [-0.15, -0.1) is 13.2 Å². The van der Waals surface area contributed by atoms with E-state index in [1.54, 1.807) is 54.2 Å². The second kappa shape index (κ2) is 16.4. The SMILES string of the molecule is COC(=O)Cc1c(C)n(Cc2cccc(OC(F)(F)F)c2)c2cc(F)c(C)cc12.COc1cc2c(CC(=O)O)c(C)n(Cc3cc(F)cc(F)c3)c2cc1Cl. The van der Waals surface area contributed by atoms with Crippen LogP contribution in [0.1, 0.15) is 39.2 Å². The summed E-state index contributed by atoms with van der Waals surface area (Å²) >= 11 is 6.22. The highest BCUT2D eigenvalue weighted by Crippen LogP contribution is 2.36. The minimum Gasteiger partial charge on any atom is -0.495 e. The summed E-state index contributed by atoms with van der Waals surface area (Å²) < 4.78 is 96.3. The molecule has 0 aliphatic rings. The van der Waals surface area contributed by atoms with Gasteiger partial charge < -0.3 is 28.5 Å². The summed E-state index contributed by atoms with van der Waals surface area (Å²) in [5.74, 6) is -3.05. The average Bonchev–Trinajstić information content (AvgIpc) is 3.47. The third-order valence-corrected chi connectivity index (χ3v) is 9.37. The fourth-order valence-electron chi connectivity index (χ4n) is 6.51. The summed E-state index contributed by atoms with van der Waals surface area (Å²) in [6, 6.07) is 15.3. The van der Waals surface area contributed by atoms with Crippen LogP contribution in [0.15, 0.2) is 66.7 Å². The number of carboxylic acid groups (broad SMARTS) is 1. The summed E-state index contributed by atoms with van der Waals surface area (Å²) in [5, 5.41) is 11.0. The van der Waals surface area contributed by atoms with E-state index in [0.29, 0.717) is 71.8 Å². The molecule has 0 unspecified atom stereocenters. The van der Waals surface area contributed by atoms with Crippen LogP contribution in [0.25, 0.3) is 21.8 Å². The Hall–Kier alpha value is -5.63. The second-order valence-corrected chi connectivity index (χ2v) is 13.1. The Labute approximate surface area is 316 Å². The number of fused-ring (bicyclic) bond motifs is 2. The highest BCUT2D eigenvalue weighted by molar-refractivity contribution is 6.32. The van der Waals surface area contributed by atoms with Crippen LogP contribution in [0, 0.1) is 38.2 Å². The summed E-state index contributed by atoms with van der Waals surface area (Å²) in [6.45, 7) is 5.54. The van der Waals surface area contributed by atoms with Crippen LogP contribution >= 0.6 is 11.6 Å². The molecule has 2 aromatic heterocycles. The minimum atomic E-state index is -4.79. The topological polar surface area (TPSA) is 91.9 Å². The Balaban J connectivity index is 0.000000212. The molecule has 1 N–H and O–H groups in total. The molecule has 0 atom stereocenters. The van der Waals surface area contributed by atoms with Gasteiger partial charge in [-0.25, -0.2) is 13.2 Å². The van der Waals surface area contributed by atoms with Gasteiger partial charge in [0, 0.05) is 41.3 Å². The Bertz CT molecular complexity index is 2400. The average molecular weight is 789 g/mol. The number of nitrogens with zero attached hydrogens (tertiary/aromatic N) is 2. The van der Waals surface area contributed by atoms with Gasteiger partial charge in [-0.3, -0.25) is 9.59 Å². The maximum atomic E-state index is 14.2. The number of aromatic nitrogens is 2. The van der Waals surface area contributed by atoms with E-state index in [1.807, 2.05) is 0 Å². The van der Waals surface area contributed by atoms with E-state index in [2.05, 4.69) is 4.74 Å². The predicted octanol–water partition coefficient (Wildman–Crippen LogP) is 9.62. The van der Waals surface area contributed by atoms with E-state index >= 15 is 0 Å². The van der Waals surface area contributed by atoms with Crippen molar-refractivity contribution in [3.05, 3.63) is 128 Å². The number of ether oxygens (including phenoxy) is 3. The van der Waals surface area contributed by atoms with Crippen LogP contribution < -0.4 is 9.47 Å². The third kappa shape index (κ3) is 9.37. The monoisotopic (exact) mass is 788 g/mol. The molecule has 8 nitrogen and oxygen atoms in total. The maximum absolute atomic E-state index is 14.2. The molecule has 15 heteroatoms. The van der Waals surface area contributed by atoms with E-state index in [4.69, 9.17) is 21.1 Å². The molecule has 0 aliphatic heterocycles. The minimum absolute atomic E-state index is 0.00807. The third-order valence-electron chi connectivity index (χ3n) is 9.07. The molecular weight excluding hydrogens is 754 g/mol. The van der Waals surface area contributed by atoms with Crippen molar-refractivity contribution < 1.29 is 55.2 Å². The Morgan fingerprint density at radius 2 is 1.35 bits per heavy atom. The van der Waals surface area contributed by atoms with Gasteiger partial charge in [0.25, 0.3) is 0 Å². The number of hydrogen-bond acceptors (Lipinski definition) is 5. The number of alkyl halides is 3. The number of hydrogen-bond donors (Lipinski definition) is 1. The van der Waals surface area contributed by atoms with Crippen LogP contribution in [0.2, 0.25) is 5.02 Å². The zero-order valence-electron chi connectivity index (χ0n) is 30.2. The van der Waals surface area contributed by atoms with Crippen molar-refractivity contribution >= 4 is 45.3 Å². The number of aliphatic carboxylic acids is 1. The molecular formula is C40H35ClF6N2O6. The highest BCUT2D eigenvalue weighted by Gasteiger charge is 2.31. The quantitative estimate of drug-likeness (QED) is 0.110. The van der Waals surface area contributed by atoms with Crippen LogP contribution in [-0.4, -0.2) is 46.8 Å². The number of halogens is 7. The van der Waals surface area contributed by atoms with Crippen molar-refractivity contribution in [2.45, 2.75) is 53.1 Å². The van der Waals surface area contributed by atoms with Gasteiger partial charge in [-0.05, 0) is 97.1 Å². The van der Waals surface area contributed by atoms with E-state index in [9.17, 15) is 41.0 Å². The van der Waals surface area contributed by atoms with Crippen LogP contribution in [0.5, 0.6) is 11.5 Å². The lowest BCUT2D eigenvalue weighted by Gasteiger charge is -2.12. The van der Waals surface area contributed by atoms with Gasteiger partial charge in [-0.2, -0.15) is 0 Å². The molecule has 0 bridgehead atoms. The van der Waals surface area contributed by atoms with Crippen molar-refractivity contribution in [1.29, 1.82) is 0 Å². The van der Waals surface area contributed by atoms with Gasteiger partial charge in [0.2, 0.25) is 0 Å². The number of esters is 1. The molecule has 0 amide bonds. The van der Waals surface area contributed by atoms with Gasteiger partial charge in [0.15, 0.2) is 0 Å². The van der Waals surface area contributed by atoms with Gasteiger partial charge in [-0.1, -0.05) is 23.7 Å². The number of carboxylic acids is 1. The summed E-state index contributed by atoms with van der Waals surface area (Å²) in [7, 11) is 2.76. The first kappa shape index (κ1) is 40.6. The highest BCUT2D eigenvalue weighted by atomic mass is 35.5. The summed E-state index contributed by atoms with van der Waals surface area (Å²) in [4.78, 5) is 23.1. The number of benzene rings is 4. The van der Waals surface area contributed by atoms with E-state index in [1.165, 1.54) is 50.6 Å². The smallest absolute Gasteiger partial charge is 0.495 e. The van der Waals surface area contributed by atoms with E-state index in [0.717, 1.165) is 6.07 Å². The largest absolute Gasteiger partial charge is 0.573 e. The predicted molar refractivity (Wildman–Crippen MR) is 194 cm³/mol. The van der Waals surface area contributed by atoms with Crippen molar-refractivity contribution in [2.75, 3.05) is 14.2 Å². The number of carbonyl (C=O) groups excluding carboxylic acids is 1. The first-order valence-electron chi connectivity index (χ1n) is 16.6. The maximum Gasteiger partial charge on any atom is 0.573 e. The molecule has 0 saturated heterocycles. The first-order chi connectivity index (χ1) is 25.9. The Morgan fingerprint density at radius 3 is 1.93 bits per heavy atom. The van der Waals surface area contributed by atoms with E-state index < -0.39 is 35.8 Å². The van der Waals surface area contributed by atoms with Crippen molar-refractivity contribution in [2.24, 2.45) is 0 Å². The number of carbonyl (C=O) groups is 2. The molecule has 0 saturated carbocycles. The number of aryl methyl sites for hydroxylation is 1. The van der Waals surface area contributed by atoms with Crippen LogP contribution in [-0.2, 0) is 40.3 Å². The van der Waals surface area contributed by atoms with E-state index in [-0.39, 0.29) is 31.7 Å². The number of rotatable bonds is 10. The molecule has 0 spiro atoms. The standard InChI is InChI=1S/C21H19F4NO3.C19H16ClF2NO3/c1-12-7-17-16(9-20(27)28-3)13(2)26(19(17)10-18(12)22)11-14-5-4-6-15(8-14)29-21(23,24)25;1-10-14(7-19(24)25)15-6-18(26-2)16(20)8-17(15)23(10)9-11-3-12(21)5-13(22)4-11/h4-8,10H,9,11H2,1-3H3;3-6,8H,7,9H2,1-2H3,(H,24,25). The molecule has 2 heterocycles. The van der Waals surface area contributed by atoms with Crippen molar-refractivity contribution in [3.63, 3.8) is 0 Å². The Morgan fingerprint density at radius 1 is 0.764 bits per heavy atom. The molecule has 0 radical (unpaired) electrons. The Kier molecular flexibility index (Phi) is 12.1. The number of methoxy groups -OCH3 is 2. The first-order valence-corrected chi connectivity index (χ1v) is 17.0. The molecule has 0 aliphatic carbocycles. The lowest BCUT2D eigenvalue weighted by atomic mass is 10.1. The van der Waals surface area contributed by atoms with Gasteiger partial charge in [0.05, 0.1) is 43.1 Å². The van der Waals surface area contributed by atoms with Gasteiger partial charge in [0.1, 0.15) is 29.0 Å². The normalized spacial score (nSPS) is 11.4. The zero-order chi connectivity index (χ0) is 40.4. The molecule has 6 aromatic rings. The molecule has 0 fully saturated rings. The fraction of sp³-hybridized carbons (Fsp3) is 0.250.